The van der Waals surface area contributed by atoms with Crippen molar-refractivity contribution < 1.29 is 14.3 Å². The van der Waals surface area contributed by atoms with Gasteiger partial charge in [0.25, 0.3) is 0 Å². The smallest absolute Gasteiger partial charge is 0.242 e. The number of morpholine rings is 1. The van der Waals surface area contributed by atoms with Crippen LogP contribution >= 0.6 is 0 Å². The molecule has 1 amide bonds. The highest BCUT2D eigenvalue weighted by Gasteiger charge is 2.31. The Kier molecular flexibility index (Phi) is 6.04. The van der Waals surface area contributed by atoms with E-state index in [1.165, 1.54) is 0 Å². The van der Waals surface area contributed by atoms with Gasteiger partial charge in [0.15, 0.2) is 5.82 Å². The Morgan fingerprint density at radius 1 is 1.09 bits per heavy atom. The molecule has 1 fully saturated rings. The van der Waals surface area contributed by atoms with Crippen molar-refractivity contribution in [3.05, 3.63) is 72.3 Å². The lowest BCUT2D eigenvalue weighted by Crippen LogP contribution is -2.47. The van der Waals surface area contributed by atoms with Crippen LogP contribution < -0.4 is 10.1 Å². The summed E-state index contributed by atoms with van der Waals surface area (Å²) in [5.41, 5.74) is 2.86. The number of nitrogens with zero attached hydrogens (tertiary/aromatic N) is 4. The minimum Gasteiger partial charge on any atom is -0.487 e. The molecule has 1 aromatic carbocycles. The maximum absolute atomic E-state index is 13.3. The van der Waals surface area contributed by atoms with Crippen molar-refractivity contribution in [2.45, 2.75) is 18.6 Å². The largest absolute Gasteiger partial charge is 0.487 e. The summed E-state index contributed by atoms with van der Waals surface area (Å²) in [6, 6.07) is 11.2. The summed E-state index contributed by atoms with van der Waals surface area (Å²) in [4.78, 5) is 28.3. The first-order valence-electron chi connectivity index (χ1n) is 10.8. The molecule has 1 saturated heterocycles. The summed E-state index contributed by atoms with van der Waals surface area (Å²) in [6.07, 6.45) is 7.50. The predicted octanol–water partition coefficient (Wildman–Crippen LogP) is 2.03. The summed E-state index contributed by atoms with van der Waals surface area (Å²) in [5, 5.41) is 3.11. The van der Waals surface area contributed by atoms with Gasteiger partial charge >= 0.3 is 0 Å². The van der Waals surface area contributed by atoms with Gasteiger partial charge in [-0.25, -0.2) is 9.97 Å². The van der Waals surface area contributed by atoms with Gasteiger partial charge in [-0.15, -0.1) is 0 Å². The molecule has 0 bridgehead atoms. The van der Waals surface area contributed by atoms with E-state index in [-0.39, 0.29) is 12.0 Å². The van der Waals surface area contributed by atoms with Crippen LogP contribution in [0.1, 0.15) is 17.2 Å². The lowest BCUT2D eigenvalue weighted by Gasteiger charge is -2.33. The maximum atomic E-state index is 13.3. The molecule has 2 aliphatic heterocycles. The van der Waals surface area contributed by atoms with Crippen LogP contribution in [-0.4, -0.2) is 64.7 Å². The standard InChI is InChI=1S/C24H25N5O3/c30-24(21(18-5-2-7-25-15-18)29-10-12-31-13-11-29)28-16-19-14-17-4-1-6-20(22(17)32-19)23-26-8-3-9-27-23/h1-9,15,19,21H,10-14,16H2,(H,28,30)/t19-,21+/m0/s1. The van der Waals surface area contributed by atoms with Gasteiger partial charge in [0.2, 0.25) is 5.91 Å². The van der Waals surface area contributed by atoms with Crippen LogP contribution in [0, 0.1) is 0 Å². The van der Waals surface area contributed by atoms with E-state index >= 15 is 0 Å². The molecule has 0 aliphatic carbocycles. The lowest BCUT2D eigenvalue weighted by atomic mass is 10.0. The second-order valence-electron chi connectivity index (χ2n) is 7.89. The van der Waals surface area contributed by atoms with Crippen molar-refractivity contribution in [2.75, 3.05) is 32.8 Å². The molecule has 5 rings (SSSR count). The van der Waals surface area contributed by atoms with Crippen LogP contribution in [0.3, 0.4) is 0 Å². The highest BCUT2D eigenvalue weighted by molar-refractivity contribution is 5.83. The van der Waals surface area contributed by atoms with Crippen molar-refractivity contribution >= 4 is 5.91 Å². The fourth-order valence-corrected chi connectivity index (χ4v) is 4.28. The molecule has 1 N–H and O–H groups in total. The van der Waals surface area contributed by atoms with Gasteiger partial charge in [0.05, 0.1) is 25.3 Å². The van der Waals surface area contributed by atoms with Crippen molar-refractivity contribution in [1.82, 2.24) is 25.2 Å². The van der Waals surface area contributed by atoms with Crippen LogP contribution in [0.15, 0.2) is 61.2 Å². The minimum absolute atomic E-state index is 0.0499. The zero-order valence-corrected chi connectivity index (χ0v) is 17.7. The number of fused-ring (bicyclic) bond motifs is 1. The Morgan fingerprint density at radius 2 is 1.94 bits per heavy atom. The number of benzene rings is 1. The third kappa shape index (κ3) is 4.32. The fourth-order valence-electron chi connectivity index (χ4n) is 4.28. The third-order valence-corrected chi connectivity index (χ3v) is 5.80. The molecule has 3 aromatic rings. The average Bonchev–Trinajstić information content (AvgIpc) is 3.28. The van der Waals surface area contributed by atoms with E-state index in [1.807, 2.05) is 24.3 Å². The Balaban J connectivity index is 1.28. The number of para-hydroxylation sites is 1. The van der Waals surface area contributed by atoms with E-state index in [2.05, 4.69) is 31.2 Å². The second-order valence-corrected chi connectivity index (χ2v) is 7.89. The topological polar surface area (TPSA) is 89.5 Å². The van der Waals surface area contributed by atoms with Crippen LogP contribution in [0.2, 0.25) is 0 Å². The summed E-state index contributed by atoms with van der Waals surface area (Å²) in [6.45, 7) is 3.08. The van der Waals surface area contributed by atoms with Crippen LogP contribution in [-0.2, 0) is 16.0 Å². The molecule has 2 aromatic heterocycles. The van der Waals surface area contributed by atoms with Gasteiger partial charge in [-0.2, -0.15) is 0 Å². The van der Waals surface area contributed by atoms with Crippen LogP contribution in [0.5, 0.6) is 5.75 Å². The van der Waals surface area contributed by atoms with Gasteiger partial charge in [-0.1, -0.05) is 18.2 Å². The molecule has 8 nitrogen and oxygen atoms in total. The number of aromatic nitrogens is 3. The molecular formula is C24H25N5O3. The van der Waals surface area contributed by atoms with Crippen LogP contribution in [0.25, 0.3) is 11.4 Å². The zero-order chi connectivity index (χ0) is 21.8. The van der Waals surface area contributed by atoms with Crippen molar-refractivity contribution in [3.63, 3.8) is 0 Å². The first-order valence-corrected chi connectivity index (χ1v) is 10.8. The monoisotopic (exact) mass is 431 g/mol. The molecule has 0 radical (unpaired) electrons. The summed E-state index contributed by atoms with van der Waals surface area (Å²) >= 11 is 0. The summed E-state index contributed by atoms with van der Waals surface area (Å²) in [7, 11) is 0. The van der Waals surface area contributed by atoms with Gasteiger partial charge in [0, 0.05) is 44.3 Å². The highest BCUT2D eigenvalue weighted by Crippen LogP contribution is 2.37. The number of rotatable bonds is 6. The van der Waals surface area contributed by atoms with Crippen LogP contribution in [0.4, 0.5) is 0 Å². The number of ether oxygens (including phenoxy) is 2. The quantitative estimate of drug-likeness (QED) is 0.639. The van der Waals surface area contributed by atoms with Crippen molar-refractivity contribution in [2.24, 2.45) is 0 Å². The van der Waals surface area contributed by atoms with E-state index in [1.54, 1.807) is 30.9 Å². The zero-order valence-electron chi connectivity index (χ0n) is 17.7. The Labute approximate surface area is 186 Å². The van der Waals surface area contributed by atoms with Gasteiger partial charge in [-0.05, 0) is 29.3 Å². The molecular weight excluding hydrogens is 406 g/mol. The number of hydrogen-bond donors (Lipinski definition) is 1. The van der Waals surface area contributed by atoms with E-state index in [0.717, 1.165) is 28.9 Å². The van der Waals surface area contributed by atoms with Gasteiger partial charge in [0.1, 0.15) is 17.9 Å². The lowest BCUT2D eigenvalue weighted by molar-refractivity contribution is -0.128. The Morgan fingerprint density at radius 3 is 2.72 bits per heavy atom. The van der Waals surface area contributed by atoms with Gasteiger partial charge < -0.3 is 14.8 Å². The number of pyridine rings is 1. The highest BCUT2D eigenvalue weighted by atomic mass is 16.5. The third-order valence-electron chi connectivity index (χ3n) is 5.80. The van der Waals surface area contributed by atoms with E-state index in [4.69, 9.17) is 9.47 Å². The number of nitrogens with one attached hydrogen (secondary N) is 1. The molecule has 0 spiro atoms. The molecule has 2 atom stereocenters. The molecule has 164 valence electrons. The first-order chi connectivity index (χ1) is 15.8. The number of hydrogen-bond acceptors (Lipinski definition) is 7. The predicted molar refractivity (Wildman–Crippen MR) is 118 cm³/mol. The molecule has 2 aliphatic rings. The average molecular weight is 431 g/mol. The van der Waals surface area contributed by atoms with E-state index < -0.39 is 6.04 Å². The minimum atomic E-state index is -0.398. The van der Waals surface area contributed by atoms with E-state index in [9.17, 15) is 4.79 Å². The normalized spacial score (nSPS) is 19.1. The molecule has 0 saturated carbocycles. The number of amides is 1. The van der Waals surface area contributed by atoms with Gasteiger partial charge in [-0.3, -0.25) is 14.7 Å². The molecule has 32 heavy (non-hydrogen) atoms. The van der Waals surface area contributed by atoms with E-state index in [0.29, 0.717) is 38.7 Å². The van der Waals surface area contributed by atoms with Crippen molar-refractivity contribution in [3.8, 4) is 17.1 Å². The van der Waals surface area contributed by atoms with Crippen molar-refractivity contribution in [1.29, 1.82) is 0 Å². The Bertz CT molecular complexity index is 1060. The number of carbonyl (C=O) groups excluding carboxylic acids is 1. The second kappa shape index (κ2) is 9.42. The molecule has 4 heterocycles. The fraction of sp³-hybridized carbons (Fsp3) is 0.333. The number of carbonyl (C=O) groups is 1. The maximum Gasteiger partial charge on any atom is 0.242 e. The summed E-state index contributed by atoms with van der Waals surface area (Å²) < 4.78 is 11.7. The SMILES string of the molecule is O=C(NC[C@@H]1Cc2cccc(-c3ncccn3)c2O1)[C@@H](c1cccnc1)N1CCOCC1. The first kappa shape index (κ1) is 20.5. The Hall–Kier alpha value is -3.36. The molecule has 8 heteroatoms. The molecule has 0 unspecified atom stereocenters. The summed E-state index contributed by atoms with van der Waals surface area (Å²) in [5.74, 6) is 1.39.